The molecular weight excluding hydrogens is 270 g/mol. The van der Waals surface area contributed by atoms with Crippen molar-refractivity contribution in [1.82, 2.24) is 10.2 Å². The Labute approximate surface area is 113 Å². The highest BCUT2D eigenvalue weighted by Gasteiger charge is 2.06. The Hall–Kier alpha value is -1.47. The van der Waals surface area contributed by atoms with Gasteiger partial charge in [0, 0.05) is 9.75 Å². The summed E-state index contributed by atoms with van der Waals surface area (Å²) in [6, 6.07) is 3.80. The van der Waals surface area contributed by atoms with Crippen molar-refractivity contribution in [2.24, 2.45) is 0 Å². The Morgan fingerprint density at radius 1 is 1.33 bits per heavy atom. The molecule has 2 heterocycles. The predicted molar refractivity (Wildman–Crippen MR) is 72.3 cm³/mol. The minimum Gasteiger partial charge on any atom is -0.481 e. The molecule has 96 valence electrons. The summed E-state index contributed by atoms with van der Waals surface area (Å²) in [6.45, 7) is 2.70. The summed E-state index contributed by atoms with van der Waals surface area (Å²) in [7, 11) is 0. The second-order valence-corrected chi connectivity index (χ2v) is 5.96. The molecule has 0 amide bonds. The van der Waals surface area contributed by atoms with Gasteiger partial charge in [-0.1, -0.05) is 18.3 Å². The van der Waals surface area contributed by atoms with Crippen molar-refractivity contribution in [3.63, 3.8) is 0 Å². The third kappa shape index (κ3) is 3.51. The van der Waals surface area contributed by atoms with Crippen LogP contribution in [0.4, 0.5) is 5.13 Å². The zero-order valence-electron chi connectivity index (χ0n) is 9.84. The molecule has 0 aliphatic heterocycles. The molecule has 18 heavy (non-hydrogen) atoms. The van der Waals surface area contributed by atoms with E-state index >= 15 is 0 Å². The molecule has 0 bridgehead atoms. The summed E-state index contributed by atoms with van der Waals surface area (Å²) in [6.07, 6.45) is 0.977. The SMILES string of the molecule is CCc1nnc(NCc2ccc(CC(=O)O)s2)s1. The Morgan fingerprint density at radius 3 is 2.78 bits per heavy atom. The minimum atomic E-state index is -0.798. The molecule has 2 aromatic rings. The van der Waals surface area contributed by atoms with Crippen LogP contribution in [0, 0.1) is 0 Å². The monoisotopic (exact) mass is 283 g/mol. The second-order valence-electron chi connectivity index (χ2n) is 3.65. The number of thiophene rings is 1. The molecule has 0 saturated carbocycles. The Kier molecular flexibility index (Phi) is 4.27. The first-order chi connectivity index (χ1) is 8.67. The Bertz CT molecular complexity index is 536. The largest absolute Gasteiger partial charge is 0.481 e. The summed E-state index contributed by atoms with van der Waals surface area (Å²) < 4.78 is 0. The number of aryl methyl sites for hydroxylation is 1. The van der Waals surface area contributed by atoms with Crippen molar-refractivity contribution in [2.45, 2.75) is 26.3 Å². The number of nitrogens with zero attached hydrogens (tertiary/aromatic N) is 2. The van der Waals surface area contributed by atoms with Gasteiger partial charge < -0.3 is 10.4 Å². The van der Waals surface area contributed by atoms with E-state index in [9.17, 15) is 4.79 Å². The van der Waals surface area contributed by atoms with Crippen LogP contribution in [-0.2, 0) is 24.2 Å². The van der Waals surface area contributed by atoms with E-state index in [1.165, 1.54) is 11.3 Å². The number of anilines is 1. The molecule has 0 atom stereocenters. The van der Waals surface area contributed by atoms with Crippen LogP contribution in [0.2, 0.25) is 0 Å². The number of hydrogen-bond donors (Lipinski definition) is 2. The predicted octanol–water partition coefficient (Wildman–Crippen LogP) is 2.40. The first-order valence-corrected chi connectivity index (χ1v) is 7.16. The number of carboxylic acids is 1. The van der Waals surface area contributed by atoms with Gasteiger partial charge in [0.15, 0.2) is 0 Å². The lowest BCUT2D eigenvalue weighted by molar-refractivity contribution is -0.136. The van der Waals surface area contributed by atoms with Crippen molar-refractivity contribution in [1.29, 1.82) is 0 Å². The lowest BCUT2D eigenvalue weighted by Gasteiger charge is -1.97. The molecule has 0 aliphatic rings. The van der Waals surface area contributed by atoms with Crippen LogP contribution in [0.25, 0.3) is 0 Å². The van der Waals surface area contributed by atoms with E-state index in [1.807, 2.05) is 19.1 Å². The van der Waals surface area contributed by atoms with E-state index < -0.39 is 5.97 Å². The topological polar surface area (TPSA) is 75.1 Å². The summed E-state index contributed by atoms with van der Waals surface area (Å²) in [4.78, 5) is 12.5. The molecule has 7 heteroatoms. The van der Waals surface area contributed by atoms with Crippen LogP contribution in [0.5, 0.6) is 0 Å². The molecule has 5 nitrogen and oxygen atoms in total. The summed E-state index contributed by atoms with van der Waals surface area (Å²) in [5.74, 6) is -0.798. The van der Waals surface area contributed by atoms with Gasteiger partial charge in [-0.15, -0.1) is 21.5 Å². The number of hydrogen-bond acceptors (Lipinski definition) is 6. The van der Waals surface area contributed by atoms with Crippen molar-refractivity contribution in [3.05, 3.63) is 26.9 Å². The van der Waals surface area contributed by atoms with Crippen LogP contribution in [0.1, 0.15) is 21.7 Å². The molecule has 2 aromatic heterocycles. The normalized spacial score (nSPS) is 10.5. The average molecular weight is 283 g/mol. The maximum Gasteiger partial charge on any atom is 0.308 e. The molecular formula is C11H13N3O2S2. The van der Waals surface area contributed by atoms with Gasteiger partial charge in [-0.25, -0.2) is 0 Å². The summed E-state index contributed by atoms with van der Waals surface area (Å²) in [5, 5.41) is 21.7. The molecule has 0 aliphatic carbocycles. The Morgan fingerprint density at radius 2 is 2.11 bits per heavy atom. The average Bonchev–Trinajstić information content (AvgIpc) is 2.94. The molecule has 0 unspecified atom stereocenters. The number of aliphatic carboxylic acids is 1. The zero-order valence-corrected chi connectivity index (χ0v) is 11.5. The van der Waals surface area contributed by atoms with Crippen LogP contribution in [0.3, 0.4) is 0 Å². The van der Waals surface area contributed by atoms with E-state index in [2.05, 4.69) is 15.5 Å². The number of nitrogens with one attached hydrogen (secondary N) is 1. The van der Waals surface area contributed by atoms with Crippen molar-refractivity contribution in [2.75, 3.05) is 5.32 Å². The van der Waals surface area contributed by atoms with Crippen LogP contribution in [0.15, 0.2) is 12.1 Å². The highest BCUT2D eigenvalue weighted by molar-refractivity contribution is 7.15. The molecule has 2 rings (SSSR count). The smallest absolute Gasteiger partial charge is 0.308 e. The quantitative estimate of drug-likeness (QED) is 0.851. The fourth-order valence-corrected chi connectivity index (χ4v) is 3.02. The highest BCUT2D eigenvalue weighted by atomic mass is 32.1. The van der Waals surface area contributed by atoms with Gasteiger partial charge in [-0.05, 0) is 18.6 Å². The van der Waals surface area contributed by atoms with Crippen LogP contribution in [-0.4, -0.2) is 21.3 Å². The van der Waals surface area contributed by atoms with E-state index in [1.54, 1.807) is 11.3 Å². The maximum atomic E-state index is 10.6. The maximum absolute atomic E-state index is 10.6. The number of carboxylic acid groups (broad SMARTS) is 1. The molecule has 0 aromatic carbocycles. The number of rotatable bonds is 6. The fraction of sp³-hybridized carbons (Fsp3) is 0.364. The lowest BCUT2D eigenvalue weighted by atomic mass is 10.3. The van der Waals surface area contributed by atoms with Crippen molar-refractivity contribution < 1.29 is 9.90 Å². The Balaban J connectivity index is 1.89. The van der Waals surface area contributed by atoms with E-state index in [0.717, 1.165) is 26.3 Å². The van der Waals surface area contributed by atoms with Gasteiger partial charge in [-0.2, -0.15) is 0 Å². The molecule has 2 N–H and O–H groups in total. The van der Waals surface area contributed by atoms with E-state index in [4.69, 9.17) is 5.11 Å². The van der Waals surface area contributed by atoms with Gasteiger partial charge in [0.1, 0.15) is 5.01 Å². The highest BCUT2D eigenvalue weighted by Crippen LogP contribution is 2.20. The number of aromatic nitrogens is 2. The standard InChI is InChI=1S/C11H13N3O2S2/c1-2-9-13-14-11(18-9)12-6-8-4-3-7(17-8)5-10(15)16/h3-4H,2,5-6H2,1H3,(H,12,14)(H,15,16). The van der Waals surface area contributed by atoms with Gasteiger partial charge in [0.25, 0.3) is 0 Å². The summed E-state index contributed by atoms with van der Waals surface area (Å²) in [5.41, 5.74) is 0. The van der Waals surface area contributed by atoms with Crippen molar-refractivity contribution >= 4 is 33.8 Å². The first-order valence-electron chi connectivity index (χ1n) is 5.53. The first kappa shape index (κ1) is 13.0. The van der Waals surface area contributed by atoms with E-state index in [-0.39, 0.29) is 6.42 Å². The third-order valence-electron chi connectivity index (χ3n) is 2.23. The molecule has 0 spiro atoms. The molecule has 0 saturated heterocycles. The van der Waals surface area contributed by atoms with Crippen LogP contribution < -0.4 is 5.32 Å². The lowest BCUT2D eigenvalue weighted by Crippen LogP contribution is -1.97. The summed E-state index contributed by atoms with van der Waals surface area (Å²) >= 11 is 3.05. The van der Waals surface area contributed by atoms with Gasteiger partial charge in [0.2, 0.25) is 5.13 Å². The molecule has 0 radical (unpaired) electrons. The fourth-order valence-electron chi connectivity index (χ4n) is 1.39. The zero-order chi connectivity index (χ0) is 13.0. The number of carbonyl (C=O) groups is 1. The van der Waals surface area contributed by atoms with Crippen molar-refractivity contribution in [3.8, 4) is 0 Å². The van der Waals surface area contributed by atoms with E-state index in [0.29, 0.717) is 6.54 Å². The second kappa shape index (κ2) is 5.92. The van der Waals surface area contributed by atoms with Gasteiger partial charge in [0.05, 0.1) is 13.0 Å². The van der Waals surface area contributed by atoms with Gasteiger partial charge in [-0.3, -0.25) is 4.79 Å². The van der Waals surface area contributed by atoms with Gasteiger partial charge >= 0.3 is 5.97 Å². The van der Waals surface area contributed by atoms with Crippen LogP contribution >= 0.6 is 22.7 Å². The molecule has 0 fully saturated rings. The third-order valence-corrected chi connectivity index (χ3v) is 4.34. The minimum absolute atomic E-state index is 0.0868.